The van der Waals surface area contributed by atoms with Crippen molar-refractivity contribution in [2.45, 2.75) is 39.2 Å². The first-order chi connectivity index (χ1) is 6.27. The highest BCUT2D eigenvalue weighted by Gasteiger charge is 2.05. The van der Waals surface area contributed by atoms with E-state index in [4.69, 9.17) is 0 Å². The number of hydrogen-bond acceptors (Lipinski definition) is 2. The topological polar surface area (TPSA) is 30.7 Å². The lowest BCUT2D eigenvalue weighted by atomic mass is 10.2. The lowest BCUT2D eigenvalue weighted by Gasteiger charge is -2.08. The third kappa shape index (κ3) is 3.10. The second-order valence-corrected chi connectivity index (χ2v) is 4.06. The predicted molar refractivity (Wildman–Crippen MR) is 57.1 cm³/mol. The molecule has 1 aromatic rings. The van der Waals surface area contributed by atoms with E-state index >= 15 is 0 Å². The molecule has 0 saturated heterocycles. The van der Waals surface area contributed by atoms with Crippen LogP contribution >= 0.6 is 15.9 Å². The summed E-state index contributed by atoms with van der Waals surface area (Å²) in [6.45, 7) is 4.36. The van der Waals surface area contributed by atoms with E-state index in [-0.39, 0.29) is 0 Å². The van der Waals surface area contributed by atoms with Crippen molar-refractivity contribution in [1.82, 2.24) is 15.0 Å². The fraction of sp³-hybridized carbons (Fsp3) is 0.778. The number of aromatic nitrogens is 3. The average Bonchev–Trinajstić information content (AvgIpc) is 2.54. The molecule has 1 rings (SSSR count). The molecule has 4 heteroatoms. The van der Waals surface area contributed by atoms with E-state index in [0.29, 0.717) is 6.04 Å². The maximum Gasteiger partial charge on any atom is 0.0835 e. The molecule has 0 bridgehead atoms. The largest absolute Gasteiger partial charge is 0.250 e. The minimum Gasteiger partial charge on any atom is -0.250 e. The van der Waals surface area contributed by atoms with E-state index in [9.17, 15) is 0 Å². The molecule has 3 nitrogen and oxygen atoms in total. The van der Waals surface area contributed by atoms with Gasteiger partial charge in [-0.1, -0.05) is 34.5 Å². The molecular formula is C9H16BrN3. The smallest absolute Gasteiger partial charge is 0.0835 e. The first kappa shape index (κ1) is 10.7. The third-order valence-electron chi connectivity index (χ3n) is 2.07. The summed E-state index contributed by atoms with van der Waals surface area (Å²) in [5, 5.41) is 9.14. The van der Waals surface area contributed by atoms with E-state index in [2.05, 4.69) is 40.1 Å². The van der Waals surface area contributed by atoms with Gasteiger partial charge in [0.25, 0.3) is 0 Å². The van der Waals surface area contributed by atoms with Crippen molar-refractivity contribution in [1.29, 1.82) is 0 Å². The Bertz CT molecular complexity index is 247. The van der Waals surface area contributed by atoms with Crippen LogP contribution in [0.5, 0.6) is 0 Å². The lowest BCUT2D eigenvalue weighted by molar-refractivity contribution is 0.443. The van der Waals surface area contributed by atoms with Crippen molar-refractivity contribution < 1.29 is 0 Å². The fourth-order valence-electron chi connectivity index (χ4n) is 1.29. The van der Waals surface area contributed by atoms with Crippen molar-refractivity contribution in [3.8, 4) is 0 Å². The van der Waals surface area contributed by atoms with Gasteiger partial charge in [0, 0.05) is 17.9 Å². The van der Waals surface area contributed by atoms with Gasteiger partial charge in [-0.3, -0.25) is 0 Å². The number of halogens is 1. The van der Waals surface area contributed by atoms with Gasteiger partial charge < -0.3 is 0 Å². The standard InChI is InChI=1S/C9H16BrN3/c1-3-4-8(2)13-7-9(5-6-10)11-12-13/h7-8H,3-6H2,1-2H3. The first-order valence-corrected chi connectivity index (χ1v) is 5.86. The monoisotopic (exact) mass is 245 g/mol. The van der Waals surface area contributed by atoms with Crippen LogP contribution in [0.2, 0.25) is 0 Å². The second kappa shape index (κ2) is 5.37. The number of nitrogens with zero attached hydrogens (tertiary/aromatic N) is 3. The molecule has 74 valence electrons. The van der Waals surface area contributed by atoms with Crippen molar-refractivity contribution in [3.05, 3.63) is 11.9 Å². The molecular weight excluding hydrogens is 230 g/mol. The zero-order valence-corrected chi connectivity index (χ0v) is 9.79. The summed E-state index contributed by atoms with van der Waals surface area (Å²) in [5.74, 6) is 0. The molecule has 1 unspecified atom stereocenters. The minimum absolute atomic E-state index is 0.474. The zero-order valence-electron chi connectivity index (χ0n) is 8.20. The van der Waals surface area contributed by atoms with Crippen molar-refractivity contribution in [3.63, 3.8) is 0 Å². The Morgan fingerprint density at radius 2 is 2.38 bits per heavy atom. The lowest BCUT2D eigenvalue weighted by Crippen LogP contribution is -2.05. The van der Waals surface area contributed by atoms with Gasteiger partial charge in [-0.2, -0.15) is 0 Å². The van der Waals surface area contributed by atoms with E-state index in [1.807, 2.05) is 10.9 Å². The van der Waals surface area contributed by atoms with Crippen LogP contribution in [0, 0.1) is 0 Å². The van der Waals surface area contributed by atoms with Crippen LogP contribution in [0.3, 0.4) is 0 Å². The highest BCUT2D eigenvalue weighted by molar-refractivity contribution is 9.09. The first-order valence-electron chi connectivity index (χ1n) is 4.74. The molecule has 0 saturated carbocycles. The van der Waals surface area contributed by atoms with Crippen LogP contribution in [0.15, 0.2) is 6.20 Å². The zero-order chi connectivity index (χ0) is 9.68. The van der Waals surface area contributed by atoms with E-state index in [1.54, 1.807) is 0 Å². The van der Waals surface area contributed by atoms with Gasteiger partial charge in [-0.05, 0) is 13.3 Å². The van der Waals surface area contributed by atoms with Crippen LogP contribution in [0.1, 0.15) is 38.4 Å². The Balaban J connectivity index is 2.56. The van der Waals surface area contributed by atoms with Gasteiger partial charge in [0.2, 0.25) is 0 Å². The summed E-state index contributed by atoms with van der Waals surface area (Å²) in [7, 11) is 0. The fourth-order valence-corrected chi connectivity index (χ4v) is 1.70. The molecule has 1 atom stereocenters. The van der Waals surface area contributed by atoms with Crippen LogP contribution in [0.4, 0.5) is 0 Å². The van der Waals surface area contributed by atoms with Gasteiger partial charge >= 0.3 is 0 Å². The Morgan fingerprint density at radius 1 is 1.62 bits per heavy atom. The molecule has 0 N–H and O–H groups in total. The Labute approximate surface area is 87.6 Å². The summed E-state index contributed by atoms with van der Waals surface area (Å²) in [6.07, 6.45) is 5.35. The predicted octanol–water partition coefficient (Wildman–Crippen LogP) is 2.58. The van der Waals surface area contributed by atoms with Gasteiger partial charge in [-0.25, -0.2) is 4.68 Å². The number of hydrogen-bond donors (Lipinski definition) is 0. The molecule has 0 aromatic carbocycles. The van der Waals surface area contributed by atoms with Gasteiger partial charge in [0.05, 0.1) is 11.7 Å². The molecule has 0 aliphatic carbocycles. The maximum absolute atomic E-state index is 4.10. The SMILES string of the molecule is CCCC(C)n1cc(CCBr)nn1. The summed E-state index contributed by atoms with van der Waals surface area (Å²) in [5.41, 5.74) is 1.07. The van der Waals surface area contributed by atoms with Gasteiger partial charge in [0.1, 0.15) is 0 Å². The molecule has 1 aromatic heterocycles. The van der Waals surface area contributed by atoms with Crippen molar-refractivity contribution in [2.24, 2.45) is 0 Å². The van der Waals surface area contributed by atoms with E-state index in [1.165, 1.54) is 6.42 Å². The van der Waals surface area contributed by atoms with Crippen LogP contribution in [0.25, 0.3) is 0 Å². The summed E-state index contributed by atoms with van der Waals surface area (Å²) in [4.78, 5) is 0. The van der Waals surface area contributed by atoms with Gasteiger partial charge in [0.15, 0.2) is 0 Å². The van der Waals surface area contributed by atoms with Crippen LogP contribution in [-0.2, 0) is 6.42 Å². The third-order valence-corrected chi connectivity index (χ3v) is 2.46. The number of alkyl halides is 1. The van der Waals surface area contributed by atoms with Gasteiger partial charge in [-0.15, -0.1) is 5.10 Å². The summed E-state index contributed by atoms with van der Waals surface area (Å²) in [6, 6.07) is 0.474. The van der Waals surface area contributed by atoms with E-state index < -0.39 is 0 Å². The Kier molecular flexibility index (Phi) is 4.42. The molecule has 1 heterocycles. The van der Waals surface area contributed by atoms with Crippen LogP contribution in [-0.4, -0.2) is 20.3 Å². The number of aryl methyl sites for hydroxylation is 1. The molecule has 0 amide bonds. The quantitative estimate of drug-likeness (QED) is 0.747. The molecule has 13 heavy (non-hydrogen) atoms. The van der Waals surface area contributed by atoms with E-state index in [0.717, 1.165) is 23.9 Å². The highest BCUT2D eigenvalue weighted by atomic mass is 79.9. The maximum atomic E-state index is 4.10. The molecule has 0 spiro atoms. The van der Waals surface area contributed by atoms with Crippen LogP contribution < -0.4 is 0 Å². The Morgan fingerprint density at radius 3 is 3.00 bits per heavy atom. The average molecular weight is 246 g/mol. The summed E-state index contributed by atoms with van der Waals surface area (Å²) >= 11 is 3.39. The molecule has 0 aliphatic rings. The summed E-state index contributed by atoms with van der Waals surface area (Å²) < 4.78 is 1.96. The molecule has 0 radical (unpaired) electrons. The molecule has 0 aliphatic heterocycles. The minimum atomic E-state index is 0.474. The highest BCUT2D eigenvalue weighted by Crippen LogP contribution is 2.11. The normalized spacial score (nSPS) is 13.2. The second-order valence-electron chi connectivity index (χ2n) is 3.27. The van der Waals surface area contributed by atoms with Crippen molar-refractivity contribution in [2.75, 3.05) is 5.33 Å². The molecule has 0 fully saturated rings. The van der Waals surface area contributed by atoms with Crippen molar-refractivity contribution >= 4 is 15.9 Å². The Hall–Kier alpha value is -0.380. The number of rotatable bonds is 5.